The van der Waals surface area contributed by atoms with Gasteiger partial charge in [-0.05, 0) is 36.7 Å². The fourth-order valence-corrected chi connectivity index (χ4v) is 2.20. The highest BCUT2D eigenvalue weighted by Crippen LogP contribution is 2.19. The van der Waals surface area contributed by atoms with E-state index in [9.17, 15) is 4.79 Å². The maximum atomic E-state index is 11.9. The molecular formula is C12H14N4OS2. The first-order valence-corrected chi connectivity index (χ1v) is 7.27. The Morgan fingerprint density at radius 3 is 3.00 bits per heavy atom. The van der Waals surface area contributed by atoms with Gasteiger partial charge in [0.05, 0.1) is 6.42 Å². The molecule has 0 aliphatic carbocycles. The molecule has 1 aromatic carbocycles. The molecule has 2 aromatic rings. The molecule has 0 bridgehead atoms. The summed E-state index contributed by atoms with van der Waals surface area (Å²) in [5, 5.41) is 9.52. The number of aromatic nitrogens is 3. The Kier molecular flexibility index (Phi) is 4.39. The number of carbonyl (C=O) groups is 1. The van der Waals surface area contributed by atoms with Gasteiger partial charge in [0.15, 0.2) is 4.77 Å². The highest BCUT2D eigenvalue weighted by molar-refractivity contribution is 7.98. The van der Waals surface area contributed by atoms with Crippen molar-refractivity contribution < 1.29 is 4.79 Å². The van der Waals surface area contributed by atoms with E-state index in [1.807, 2.05) is 30.5 Å². The fraction of sp³-hybridized carbons (Fsp3) is 0.250. The number of anilines is 1. The molecular weight excluding hydrogens is 280 g/mol. The predicted octanol–water partition coefficient (Wildman–Crippen LogP) is 2.38. The van der Waals surface area contributed by atoms with Gasteiger partial charge in [0.1, 0.15) is 5.82 Å². The number of nitrogens with zero attached hydrogens (tertiary/aromatic N) is 2. The molecule has 2 rings (SSSR count). The van der Waals surface area contributed by atoms with E-state index >= 15 is 0 Å². The highest BCUT2D eigenvalue weighted by atomic mass is 32.2. The van der Waals surface area contributed by atoms with Crippen LogP contribution < -0.4 is 5.32 Å². The van der Waals surface area contributed by atoms with E-state index in [0.29, 0.717) is 10.6 Å². The van der Waals surface area contributed by atoms with Crippen LogP contribution in [0.4, 0.5) is 5.69 Å². The Hall–Kier alpha value is -1.60. The van der Waals surface area contributed by atoms with Crippen molar-refractivity contribution >= 4 is 35.6 Å². The molecule has 2 N–H and O–H groups in total. The lowest BCUT2D eigenvalue weighted by atomic mass is 10.3. The maximum Gasteiger partial charge on any atom is 0.232 e. The van der Waals surface area contributed by atoms with Crippen molar-refractivity contribution in [3.8, 4) is 0 Å². The molecule has 0 saturated carbocycles. The van der Waals surface area contributed by atoms with Crippen LogP contribution >= 0.6 is 24.0 Å². The minimum absolute atomic E-state index is 0.115. The van der Waals surface area contributed by atoms with Crippen LogP contribution in [-0.4, -0.2) is 26.9 Å². The van der Waals surface area contributed by atoms with Gasteiger partial charge in [-0.25, -0.2) is 0 Å². The number of amides is 1. The predicted molar refractivity (Wildman–Crippen MR) is 78.9 cm³/mol. The summed E-state index contributed by atoms with van der Waals surface area (Å²) in [6.07, 6.45) is 2.18. The van der Waals surface area contributed by atoms with Gasteiger partial charge in [-0.15, -0.1) is 11.8 Å². The quantitative estimate of drug-likeness (QED) is 0.671. The maximum absolute atomic E-state index is 11.9. The van der Waals surface area contributed by atoms with E-state index in [-0.39, 0.29) is 12.3 Å². The third-order valence-electron chi connectivity index (χ3n) is 2.64. The number of carbonyl (C=O) groups excluding carboxylic acids is 1. The van der Waals surface area contributed by atoms with E-state index < -0.39 is 0 Å². The van der Waals surface area contributed by atoms with Crippen LogP contribution in [0.15, 0.2) is 29.2 Å². The monoisotopic (exact) mass is 294 g/mol. The molecule has 0 aliphatic heterocycles. The summed E-state index contributed by atoms with van der Waals surface area (Å²) in [6.45, 7) is 0. The molecule has 0 unspecified atom stereocenters. The second-order valence-corrected chi connectivity index (χ2v) is 5.23. The van der Waals surface area contributed by atoms with Gasteiger partial charge in [0.25, 0.3) is 0 Å². The van der Waals surface area contributed by atoms with Crippen molar-refractivity contribution in [3.05, 3.63) is 34.9 Å². The number of hydrogen-bond donors (Lipinski definition) is 2. The van der Waals surface area contributed by atoms with Crippen molar-refractivity contribution in [3.63, 3.8) is 0 Å². The summed E-state index contributed by atoms with van der Waals surface area (Å²) < 4.78 is 2.19. The largest absolute Gasteiger partial charge is 0.326 e. The van der Waals surface area contributed by atoms with E-state index in [2.05, 4.69) is 15.5 Å². The molecule has 100 valence electrons. The number of rotatable bonds is 4. The second-order valence-electron chi connectivity index (χ2n) is 3.96. The van der Waals surface area contributed by atoms with Crippen LogP contribution in [0.3, 0.4) is 0 Å². The molecule has 0 saturated heterocycles. The van der Waals surface area contributed by atoms with Gasteiger partial charge < -0.3 is 9.88 Å². The van der Waals surface area contributed by atoms with Gasteiger partial charge in [0, 0.05) is 17.6 Å². The molecule has 0 fully saturated rings. The Morgan fingerprint density at radius 2 is 2.37 bits per heavy atom. The third kappa shape index (κ3) is 3.45. The molecule has 1 amide bonds. The van der Waals surface area contributed by atoms with Gasteiger partial charge in [0.2, 0.25) is 5.91 Å². The summed E-state index contributed by atoms with van der Waals surface area (Å²) in [4.78, 5) is 13.0. The van der Waals surface area contributed by atoms with E-state index in [4.69, 9.17) is 12.2 Å². The zero-order valence-electron chi connectivity index (χ0n) is 10.6. The van der Waals surface area contributed by atoms with Crippen LogP contribution in [0.2, 0.25) is 0 Å². The van der Waals surface area contributed by atoms with E-state index in [1.165, 1.54) is 0 Å². The smallest absolute Gasteiger partial charge is 0.232 e. The lowest BCUT2D eigenvalue weighted by molar-refractivity contribution is -0.115. The summed E-state index contributed by atoms with van der Waals surface area (Å²) >= 11 is 6.63. The molecule has 0 atom stereocenters. The lowest BCUT2D eigenvalue weighted by Crippen LogP contribution is -2.16. The Balaban J connectivity index is 2.05. The first-order valence-electron chi connectivity index (χ1n) is 5.64. The van der Waals surface area contributed by atoms with Gasteiger partial charge in [-0.1, -0.05) is 6.07 Å². The number of aromatic amines is 1. The topological polar surface area (TPSA) is 62.7 Å². The molecule has 0 aliphatic rings. The number of nitrogens with one attached hydrogen (secondary N) is 2. The van der Waals surface area contributed by atoms with Crippen LogP contribution in [0.1, 0.15) is 5.82 Å². The van der Waals surface area contributed by atoms with Gasteiger partial charge >= 0.3 is 0 Å². The van der Waals surface area contributed by atoms with Crippen molar-refractivity contribution in [1.29, 1.82) is 0 Å². The van der Waals surface area contributed by atoms with Crippen molar-refractivity contribution in [2.75, 3.05) is 11.6 Å². The lowest BCUT2D eigenvalue weighted by Gasteiger charge is -2.06. The normalized spacial score (nSPS) is 10.4. The minimum atomic E-state index is -0.115. The molecule has 19 heavy (non-hydrogen) atoms. The van der Waals surface area contributed by atoms with E-state index in [1.54, 1.807) is 23.4 Å². The van der Waals surface area contributed by atoms with Crippen LogP contribution in [-0.2, 0) is 18.3 Å². The second kappa shape index (κ2) is 6.03. The zero-order chi connectivity index (χ0) is 13.8. The van der Waals surface area contributed by atoms with Crippen molar-refractivity contribution in [1.82, 2.24) is 14.8 Å². The first kappa shape index (κ1) is 13.8. The average Bonchev–Trinajstić information content (AvgIpc) is 2.71. The van der Waals surface area contributed by atoms with Crippen molar-refractivity contribution in [2.45, 2.75) is 11.3 Å². The molecule has 7 heteroatoms. The average molecular weight is 294 g/mol. The zero-order valence-corrected chi connectivity index (χ0v) is 12.3. The summed E-state index contributed by atoms with van der Waals surface area (Å²) in [6, 6.07) is 7.71. The first-order chi connectivity index (χ1) is 9.10. The van der Waals surface area contributed by atoms with Crippen LogP contribution in [0.5, 0.6) is 0 Å². The SMILES string of the molecule is CSc1cccc(NC(=O)Cc2n[nH]c(=S)n2C)c1. The molecule has 0 spiro atoms. The standard InChI is InChI=1S/C12H14N4OS2/c1-16-10(14-15-12(16)18)7-11(17)13-8-4-3-5-9(6-8)19-2/h3-6H,7H2,1-2H3,(H,13,17)(H,15,18). The van der Waals surface area contributed by atoms with Crippen LogP contribution in [0.25, 0.3) is 0 Å². The van der Waals surface area contributed by atoms with E-state index in [0.717, 1.165) is 10.6 Å². The molecule has 1 heterocycles. The van der Waals surface area contributed by atoms with Gasteiger partial charge in [-0.2, -0.15) is 5.10 Å². The molecule has 0 radical (unpaired) electrons. The minimum Gasteiger partial charge on any atom is -0.326 e. The number of H-pyrrole nitrogens is 1. The fourth-order valence-electron chi connectivity index (χ4n) is 1.59. The third-order valence-corrected chi connectivity index (χ3v) is 3.74. The van der Waals surface area contributed by atoms with Crippen molar-refractivity contribution in [2.24, 2.45) is 7.05 Å². The number of hydrogen-bond acceptors (Lipinski definition) is 4. The summed E-state index contributed by atoms with van der Waals surface area (Å²) in [5.74, 6) is 0.499. The summed E-state index contributed by atoms with van der Waals surface area (Å²) in [7, 11) is 1.78. The summed E-state index contributed by atoms with van der Waals surface area (Å²) in [5.41, 5.74) is 0.786. The number of thioether (sulfide) groups is 1. The van der Waals surface area contributed by atoms with Crippen LogP contribution in [0, 0.1) is 4.77 Å². The highest BCUT2D eigenvalue weighted by Gasteiger charge is 2.09. The Bertz CT molecular complexity index is 647. The van der Waals surface area contributed by atoms with Gasteiger partial charge in [-0.3, -0.25) is 9.89 Å². The Labute approximate surface area is 120 Å². The molecule has 5 nitrogen and oxygen atoms in total. The molecule has 1 aromatic heterocycles. The Morgan fingerprint density at radius 1 is 1.58 bits per heavy atom. The number of benzene rings is 1.